The van der Waals surface area contributed by atoms with Crippen molar-refractivity contribution in [3.8, 4) is 11.6 Å². The molecule has 0 aliphatic rings. The Morgan fingerprint density at radius 1 is 1.37 bits per heavy atom. The maximum Gasteiger partial charge on any atom is 0.219 e. The van der Waals surface area contributed by atoms with Gasteiger partial charge in [-0.15, -0.1) is 0 Å². The molecule has 1 aromatic carbocycles. The Kier molecular flexibility index (Phi) is 3.82. The lowest BCUT2D eigenvalue weighted by atomic mass is 10.2. The minimum atomic E-state index is -0.661. The number of hydrogen-bond donors (Lipinski definition) is 2. The Morgan fingerprint density at radius 2 is 2.16 bits per heavy atom. The standard InChI is InChI=1S/C12H9ClFN3O2/c13-8-2-1-3-9(11(8)14)19-10-5-4-7(6-16-10)12(15)17-18/h1-6,18H,(H2,15,17). The van der Waals surface area contributed by atoms with Gasteiger partial charge in [0.15, 0.2) is 17.4 Å². The van der Waals surface area contributed by atoms with Crippen LogP contribution < -0.4 is 10.5 Å². The Morgan fingerprint density at radius 3 is 2.79 bits per heavy atom. The van der Waals surface area contributed by atoms with Crippen molar-refractivity contribution in [3.05, 3.63) is 52.9 Å². The average Bonchev–Trinajstić information content (AvgIpc) is 2.44. The molecule has 0 amide bonds. The van der Waals surface area contributed by atoms with E-state index in [4.69, 9.17) is 27.3 Å². The van der Waals surface area contributed by atoms with Crippen LogP contribution in [0.4, 0.5) is 4.39 Å². The van der Waals surface area contributed by atoms with E-state index in [1.807, 2.05) is 0 Å². The highest BCUT2D eigenvalue weighted by atomic mass is 35.5. The lowest BCUT2D eigenvalue weighted by molar-refractivity contribution is 0.318. The second kappa shape index (κ2) is 5.53. The van der Waals surface area contributed by atoms with E-state index in [2.05, 4.69) is 10.1 Å². The van der Waals surface area contributed by atoms with Gasteiger partial charge < -0.3 is 15.7 Å². The van der Waals surface area contributed by atoms with Crippen LogP contribution in [0.25, 0.3) is 0 Å². The van der Waals surface area contributed by atoms with Crippen molar-refractivity contribution < 1.29 is 14.3 Å². The van der Waals surface area contributed by atoms with E-state index in [9.17, 15) is 4.39 Å². The number of ether oxygens (including phenoxy) is 1. The maximum absolute atomic E-state index is 13.6. The van der Waals surface area contributed by atoms with Crippen molar-refractivity contribution in [2.24, 2.45) is 10.9 Å². The Bertz CT molecular complexity index is 617. The molecule has 3 N–H and O–H groups in total. The molecule has 2 aromatic rings. The van der Waals surface area contributed by atoms with Gasteiger partial charge in [0.1, 0.15) is 0 Å². The molecule has 0 saturated carbocycles. The van der Waals surface area contributed by atoms with Gasteiger partial charge in [-0.1, -0.05) is 22.8 Å². The van der Waals surface area contributed by atoms with Gasteiger partial charge >= 0.3 is 0 Å². The molecule has 0 radical (unpaired) electrons. The van der Waals surface area contributed by atoms with Gasteiger partial charge in [-0.2, -0.15) is 0 Å². The third-order valence-electron chi connectivity index (χ3n) is 2.27. The highest BCUT2D eigenvalue weighted by molar-refractivity contribution is 6.30. The highest BCUT2D eigenvalue weighted by Crippen LogP contribution is 2.27. The number of amidine groups is 1. The topological polar surface area (TPSA) is 80.7 Å². The summed E-state index contributed by atoms with van der Waals surface area (Å²) in [6.45, 7) is 0. The molecule has 1 heterocycles. The summed E-state index contributed by atoms with van der Waals surface area (Å²) in [6, 6.07) is 7.40. The van der Waals surface area contributed by atoms with Crippen molar-refractivity contribution in [2.75, 3.05) is 0 Å². The predicted molar refractivity (Wildman–Crippen MR) is 68.2 cm³/mol. The van der Waals surface area contributed by atoms with Crippen molar-refractivity contribution in [1.29, 1.82) is 0 Å². The molecule has 0 spiro atoms. The van der Waals surface area contributed by atoms with E-state index in [1.54, 1.807) is 6.07 Å². The molecular weight excluding hydrogens is 273 g/mol. The average molecular weight is 282 g/mol. The number of benzene rings is 1. The fraction of sp³-hybridized carbons (Fsp3) is 0. The number of hydrogen-bond acceptors (Lipinski definition) is 4. The maximum atomic E-state index is 13.6. The van der Waals surface area contributed by atoms with E-state index in [-0.39, 0.29) is 22.5 Å². The summed E-state index contributed by atoms with van der Waals surface area (Å²) in [4.78, 5) is 3.91. The van der Waals surface area contributed by atoms with Gasteiger partial charge in [-0.3, -0.25) is 0 Å². The van der Waals surface area contributed by atoms with Crippen LogP contribution in [0.1, 0.15) is 5.56 Å². The van der Waals surface area contributed by atoms with Crippen LogP contribution in [0, 0.1) is 5.82 Å². The van der Waals surface area contributed by atoms with Crippen LogP contribution in [0.15, 0.2) is 41.7 Å². The summed E-state index contributed by atoms with van der Waals surface area (Å²) in [5.74, 6) is -0.605. The summed E-state index contributed by atoms with van der Waals surface area (Å²) in [6.07, 6.45) is 1.34. The number of aromatic nitrogens is 1. The van der Waals surface area contributed by atoms with E-state index >= 15 is 0 Å². The largest absolute Gasteiger partial charge is 0.436 e. The van der Waals surface area contributed by atoms with Gasteiger partial charge in [-0.25, -0.2) is 9.37 Å². The zero-order valence-corrected chi connectivity index (χ0v) is 10.3. The first-order valence-electron chi connectivity index (χ1n) is 5.17. The van der Waals surface area contributed by atoms with Crippen molar-refractivity contribution >= 4 is 17.4 Å². The number of rotatable bonds is 3. The molecular formula is C12H9ClFN3O2. The number of halogens is 2. The lowest BCUT2D eigenvalue weighted by Crippen LogP contribution is -2.13. The van der Waals surface area contributed by atoms with E-state index in [1.165, 1.54) is 30.5 Å². The first-order chi connectivity index (χ1) is 9.11. The molecule has 98 valence electrons. The fourth-order valence-corrected chi connectivity index (χ4v) is 1.49. The molecule has 19 heavy (non-hydrogen) atoms. The Labute approximate surface area is 113 Å². The minimum absolute atomic E-state index is 0.0310. The monoisotopic (exact) mass is 281 g/mol. The molecule has 1 aromatic heterocycles. The van der Waals surface area contributed by atoms with E-state index in [0.29, 0.717) is 5.56 Å². The molecule has 2 rings (SSSR count). The van der Waals surface area contributed by atoms with Crippen LogP contribution in [0.2, 0.25) is 5.02 Å². The number of pyridine rings is 1. The number of nitrogens with zero attached hydrogens (tertiary/aromatic N) is 2. The van der Waals surface area contributed by atoms with Crippen LogP contribution in [-0.2, 0) is 0 Å². The van der Waals surface area contributed by atoms with Crippen molar-refractivity contribution in [2.45, 2.75) is 0 Å². The zero-order valence-electron chi connectivity index (χ0n) is 9.55. The summed E-state index contributed by atoms with van der Waals surface area (Å²) in [5, 5.41) is 11.3. The van der Waals surface area contributed by atoms with Gasteiger partial charge in [0.25, 0.3) is 0 Å². The van der Waals surface area contributed by atoms with Crippen LogP contribution in [0.3, 0.4) is 0 Å². The second-order valence-electron chi connectivity index (χ2n) is 3.52. The van der Waals surface area contributed by atoms with Crippen LogP contribution in [0.5, 0.6) is 11.6 Å². The molecule has 0 aliphatic carbocycles. The first-order valence-corrected chi connectivity index (χ1v) is 5.55. The SMILES string of the molecule is N/C(=N/O)c1ccc(Oc2cccc(Cl)c2F)nc1. The second-order valence-corrected chi connectivity index (χ2v) is 3.93. The Hall–Kier alpha value is -2.34. The molecule has 0 atom stereocenters. The van der Waals surface area contributed by atoms with Gasteiger partial charge in [0, 0.05) is 17.8 Å². The molecule has 5 nitrogen and oxygen atoms in total. The predicted octanol–water partition coefficient (Wildman–Crippen LogP) is 2.76. The van der Waals surface area contributed by atoms with Gasteiger partial charge in [0.05, 0.1) is 5.02 Å². The smallest absolute Gasteiger partial charge is 0.219 e. The molecule has 7 heteroatoms. The number of oxime groups is 1. The normalized spacial score (nSPS) is 11.4. The van der Waals surface area contributed by atoms with Crippen molar-refractivity contribution in [3.63, 3.8) is 0 Å². The number of nitrogens with two attached hydrogens (primary N) is 1. The molecule has 0 saturated heterocycles. The van der Waals surface area contributed by atoms with Crippen LogP contribution in [-0.4, -0.2) is 16.0 Å². The summed E-state index contributed by atoms with van der Waals surface area (Å²) >= 11 is 5.63. The summed E-state index contributed by atoms with van der Waals surface area (Å²) in [5.41, 5.74) is 5.80. The molecule has 0 bridgehead atoms. The highest BCUT2D eigenvalue weighted by Gasteiger charge is 2.09. The minimum Gasteiger partial charge on any atom is -0.436 e. The fourth-order valence-electron chi connectivity index (χ4n) is 1.33. The summed E-state index contributed by atoms with van der Waals surface area (Å²) in [7, 11) is 0. The molecule has 0 unspecified atom stereocenters. The van der Waals surface area contributed by atoms with Crippen molar-refractivity contribution in [1.82, 2.24) is 4.98 Å². The van der Waals surface area contributed by atoms with E-state index < -0.39 is 5.82 Å². The summed E-state index contributed by atoms with van der Waals surface area (Å²) < 4.78 is 18.8. The quantitative estimate of drug-likeness (QED) is 0.392. The van der Waals surface area contributed by atoms with Crippen LogP contribution >= 0.6 is 11.6 Å². The zero-order chi connectivity index (χ0) is 13.8. The van der Waals surface area contributed by atoms with Gasteiger partial charge in [-0.05, 0) is 18.2 Å². The molecule has 0 aliphatic heterocycles. The van der Waals surface area contributed by atoms with Gasteiger partial charge in [0.2, 0.25) is 5.88 Å². The Balaban J connectivity index is 2.22. The third kappa shape index (κ3) is 2.92. The molecule has 0 fully saturated rings. The first kappa shape index (κ1) is 13.1. The van der Waals surface area contributed by atoms with E-state index in [0.717, 1.165) is 0 Å². The lowest BCUT2D eigenvalue weighted by Gasteiger charge is -2.06. The third-order valence-corrected chi connectivity index (χ3v) is 2.56.